The van der Waals surface area contributed by atoms with Crippen LogP contribution in [0.3, 0.4) is 0 Å². The van der Waals surface area contributed by atoms with E-state index in [1.54, 1.807) is 11.8 Å². The van der Waals surface area contributed by atoms with Crippen LogP contribution >= 0.6 is 11.8 Å². The van der Waals surface area contributed by atoms with Crippen molar-refractivity contribution in [3.8, 4) is 0 Å². The molecule has 1 atom stereocenters. The van der Waals surface area contributed by atoms with Crippen LogP contribution < -0.4 is 11.9 Å². The molecule has 1 unspecified atom stereocenters. The number of rotatable bonds is 4. The molecule has 0 aliphatic rings. The molecule has 0 amide bonds. The zero-order valence-electron chi connectivity index (χ0n) is 7.37. The monoisotopic (exact) mass is 240 g/mol. The molecule has 0 heterocycles. The predicted molar refractivity (Wildman–Crippen MR) is 50.0 cm³/mol. The third-order valence-electron chi connectivity index (χ3n) is 0.950. The first-order chi connectivity index (χ1) is 4.18. The van der Waals surface area contributed by atoms with Crippen molar-refractivity contribution in [2.24, 2.45) is 5.73 Å². The summed E-state index contributed by atoms with van der Waals surface area (Å²) in [6.07, 6.45) is 2.48. The third kappa shape index (κ3) is 12.9. The van der Waals surface area contributed by atoms with Crippen LogP contribution in [0.2, 0.25) is 0 Å². The molecule has 0 saturated heterocycles. The Morgan fingerprint density at radius 3 is 2.33 bits per heavy atom. The van der Waals surface area contributed by atoms with Gasteiger partial charge in [-0.1, -0.05) is 0 Å². The van der Waals surface area contributed by atoms with Crippen LogP contribution in [0.4, 0.5) is 0 Å². The van der Waals surface area contributed by atoms with E-state index in [0.29, 0.717) is 6.42 Å². The molecule has 79 valence electrons. The minimum atomic E-state index is -0.913. The van der Waals surface area contributed by atoms with Gasteiger partial charge < -0.3 is 24.4 Å². The summed E-state index contributed by atoms with van der Waals surface area (Å²) in [5, 5.41) is 8.27. The average molecular weight is 240 g/mol. The van der Waals surface area contributed by atoms with Crippen molar-refractivity contribution in [2.45, 2.75) is 12.5 Å². The first-order valence-corrected chi connectivity index (χ1v) is 4.05. The topological polar surface area (TPSA) is 98.3 Å². The summed E-state index contributed by atoms with van der Waals surface area (Å²) in [4.78, 5) is 10.1. The van der Waals surface area contributed by atoms with Gasteiger partial charge in [-0.15, -0.1) is 0 Å². The molecule has 0 bridgehead atoms. The number of carboxylic acids is 1. The molecule has 0 saturated carbocycles. The van der Waals surface area contributed by atoms with Gasteiger partial charge in [0.05, 0.1) is 0 Å². The molecule has 0 aliphatic carbocycles. The van der Waals surface area contributed by atoms with Crippen molar-refractivity contribution in [3.05, 3.63) is 7.43 Å². The maximum absolute atomic E-state index is 10.1. The zero-order chi connectivity index (χ0) is 7.28. The number of carbonyl (C=O) groups is 1. The Bertz CT molecular complexity index is 106. The standard InChI is InChI=1S/C5H11NO2S.CH3.Co.H3N/c1-9-3-2-4(6)5(7)8;;;/h4H,2-3,6H2,1H3,(H,7,8);1H3;;1H3/q;-1;;. The fourth-order valence-electron chi connectivity index (χ4n) is 0.368. The molecule has 0 rings (SSSR count). The van der Waals surface area contributed by atoms with Gasteiger partial charge in [0.1, 0.15) is 6.04 Å². The van der Waals surface area contributed by atoms with Gasteiger partial charge in [-0.3, -0.25) is 4.79 Å². The molecular formula is C6H17CoN2O2S-. The fourth-order valence-corrected chi connectivity index (χ4v) is 0.858. The largest absolute Gasteiger partial charge is 0.480 e. The third-order valence-corrected chi connectivity index (χ3v) is 1.59. The van der Waals surface area contributed by atoms with Crippen LogP contribution in [-0.4, -0.2) is 29.1 Å². The van der Waals surface area contributed by atoms with Crippen LogP contribution in [0.1, 0.15) is 6.42 Å². The summed E-state index contributed by atoms with van der Waals surface area (Å²) >= 11 is 1.60. The van der Waals surface area contributed by atoms with E-state index in [9.17, 15) is 4.79 Å². The number of hydrogen-bond acceptors (Lipinski definition) is 4. The van der Waals surface area contributed by atoms with Gasteiger partial charge in [0.25, 0.3) is 0 Å². The van der Waals surface area contributed by atoms with Crippen molar-refractivity contribution in [1.82, 2.24) is 6.15 Å². The summed E-state index contributed by atoms with van der Waals surface area (Å²) in [6, 6.07) is -0.683. The zero-order valence-corrected chi connectivity index (χ0v) is 9.23. The number of thioether (sulfide) groups is 1. The van der Waals surface area contributed by atoms with Crippen LogP contribution in [0.5, 0.6) is 0 Å². The second-order valence-corrected chi connectivity index (χ2v) is 2.71. The van der Waals surface area contributed by atoms with Crippen molar-refractivity contribution in [3.63, 3.8) is 0 Å². The Balaban J connectivity index is -0.000000107. The van der Waals surface area contributed by atoms with E-state index < -0.39 is 12.0 Å². The molecule has 0 aromatic rings. The Labute approximate surface area is 88.4 Å². The molecule has 0 aliphatic heterocycles. The molecule has 6 N–H and O–H groups in total. The Kier molecular flexibility index (Phi) is 26.2. The van der Waals surface area contributed by atoms with Gasteiger partial charge in [-0.25, -0.2) is 0 Å². The van der Waals surface area contributed by atoms with Gasteiger partial charge in [0.2, 0.25) is 0 Å². The first kappa shape index (κ1) is 22.8. The summed E-state index contributed by atoms with van der Waals surface area (Å²) in [5.74, 6) is -0.1000. The van der Waals surface area contributed by atoms with E-state index in [2.05, 4.69) is 0 Å². The first-order valence-electron chi connectivity index (χ1n) is 2.65. The van der Waals surface area contributed by atoms with Gasteiger partial charge >= 0.3 is 5.97 Å². The molecule has 12 heavy (non-hydrogen) atoms. The summed E-state index contributed by atoms with van der Waals surface area (Å²) in [5.41, 5.74) is 5.19. The second-order valence-electron chi connectivity index (χ2n) is 1.73. The minimum Gasteiger partial charge on any atom is -0.480 e. The molecule has 1 radical (unpaired) electrons. The van der Waals surface area contributed by atoms with Crippen molar-refractivity contribution < 1.29 is 26.7 Å². The second kappa shape index (κ2) is 13.8. The smallest absolute Gasteiger partial charge is 0.320 e. The molecule has 4 nitrogen and oxygen atoms in total. The fraction of sp³-hybridized carbons (Fsp3) is 0.667. The summed E-state index contributed by atoms with van der Waals surface area (Å²) < 4.78 is 0. The molecule has 6 heteroatoms. The summed E-state index contributed by atoms with van der Waals surface area (Å²) in [7, 11) is 0. The Morgan fingerprint density at radius 2 is 2.08 bits per heavy atom. The number of hydrogen-bond donors (Lipinski definition) is 3. The van der Waals surface area contributed by atoms with E-state index >= 15 is 0 Å². The van der Waals surface area contributed by atoms with Crippen molar-refractivity contribution in [1.29, 1.82) is 0 Å². The minimum absolute atomic E-state index is 0. The number of nitrogens with two attached hydrogens (primary N) is 1. The summed E-state index contributed by atoms with van der Waals surface area (Å²) in [6.45, 7) is 0. The molecule has 0 fully saturated rings. The molecule has 0 spiro atoms. The van der Waals surface area contributed by atoms with Gasteiger partial charge in [0.15, 0.2) is 0 Å². The SMILES string of the molecule is CSCCC(N)C(=O)O.N.[CH3-].[Co]. The Hall–Kier alpha value is 0.246. The number of carboxylic acid groups (broad SMARTS) is 1. The average Bonchev–Trinajstić information content (AvgIpc) is 1.82. The van der Waals surface area contributed by atoms with E-state index in [4.69, 9.17) is 10.8 Å². The maximum atomic E-state index is 10.1. The van der Waals surface area contributed by atoms with E-state index in [1.165, 1.54) is 0 Å². The van der Waals surface area contributed by atoms with Gasteiger partial charge in [-0.05, 0) is 18.4 Å². The van der Waals surface area contributed by atoms with Gasteiger partial charge in [-0.2, -0.15) is 11.8 Å². The quantitative estimate of drug-likeness (QED) is 0.630. The van der Waals surface area contributed by atoms with Gasteiger partial charge in [0, 0.05) is 16.8 Å². The van der Waals surface area contributed by atoms with E-state index in [0.717, 1.165) is 5.75 Å². The van der Waals surface area contributed by atoms with Crippen LogP contribution in [0.25, 0.3) is 0 Å². The predicted octanol–water partition coefficient (Wildman–Crippen LogP) is 0.761. The van der Waals surface area contributed by atoms with Crippen LogP contribution in [0, 0.1) is 7.43 Å². The molecule has 0 aromatic carbocycles. The van der Waals surface area contributed by atoms with E-state index in [1.807, 2.05) is 6.26 Å². The Morgan fingerprint density at radius 1 is 1.67 bits per heavy atom. The van der Waals surface area contributed by atoms with Crippen LogP contribution in [0.15, 0.2) is 0 Å². The van der Waals surface area contributed by atoms with Crippen LogP contribution in [-0.2, 0) is 21.6 Å². The number of aliphatic carboxylic acids is 1. The molecule has 0 aromatic heterocycles. The normalized spacial score (nSPS) is 9.83. The maximum Gasteiger partial charge on any atom is 0.320 e. The molecular weight excluding hydrogens is 223 g/mol. The van der Waals surface area contributed by atoms with Crippen molar-refractivity contribution in [2.75, 3.05) is 12.0 Å². The van der Waals surface area contributed by atoms with Crippen molar-refractivity contribution >= 4 is 17.7 Å². The van der Waals surface area contributed by atoms with E-state index in [-0.39, 0.29) is 30.4 Å².